The molecule has 1 N–H and O–H groups in total. The van der Waals surface area contributed by atoms with Crippen molar-refractivity contribution in [1.29, 1.82) is 0 Å². The molecule has 4 aliphatic carbocycles. The van der Waals surface area contributed by atoms with Crippen LogP contribution in [0, 0.1) is 30.1 Å². The molecule has 5 nitrogen and oxygen atoms in total. The van der Waals surface area contributed by atoms with Crippen molar-refractivity contribution in [2.45, 2.75) is 70.8 Å². The third-order valence-corrected chi connectivity index (χ3v) is 9.80. The SMILES string of the molecule is CSCC[C@H](NC(=O)c1ccc(OCCCC23CC4CC(CC(C4)C2)C3)cc1-c1ccccc1C)C(=O)[O-].[Li+]. The Kier molecular flexibility index (Phi) is 10.2. The fourth-order valence-corrected chi connectivity index (χ4v) is 8.33. The molecule has 39 heavy (non-hydrogen) atoms. The van der Waals surface area contributed by atoms with Crippen LogP contribution in [0.5, 0.6) is 5.75 Å². The van der Waals surface area contributed by atoms with E-state index in [0.29, 0.717) is 29.8 Å². The third-order valence-electron chi connectivity index (χ3n) is 9.16. The number of carbonyl (C=O) groups excluding carboxylic acids is 2. The van der Waals surface area contributed by atoms with Crippen LogP contribution in [-0.4, -0.2) is 36.5 Å². The Hall–Kier alpha value is -1.87. The van der Waals surface area contributed by atoms with E-state index < -0.39 is 17.9 Å². The zero-order valence-corrected chi connectivity index (χ0v) is 24.5. The Morgan fingerprint density at radius 1 is 1.05 bits per heavy atom. The Morgan fingerprint density at radius 2 is 1.72 bits per heavy atom. The first-order valence-electron chi connectivity index (χ1n) is 14.2. The van der Waals surface area contributed by atoms with Crippen LogP contribution in [0.25, 0.3) is 11.1 Å². The normalized spacial score (nSPS) is 25.5. The number of rotatable bonds is 12. The fraction of sp³-hybridized carbons (Fsp3) is 0.562. The summed E-state index contributed by atoms with van der Waals surface area (Å²) in [6, 6.07) is 12.4. The average Bonchev–Trinajstić information content (AvgIpc) is 2.88. The summed E-state index contributed by atoms with van der Waals surface area (Å²) in [5.41, 5.74) is 3.72. The van der Waals surface area contributed by atoms with Gasteiger partial charge < -0.3 is 20.0 Å². The monoisotopic (exact) mass is 541 g/mol. The summed E-state index contributed by atoms with van der Waals surface area (Å²) in [7, 11) is 0. The average molecular weight is 542 g/mol. The van der Waals surface area contributed by atoms with Gasteiger partial charge in [0, 0.05) is 5.56 Å². The van der Waals surface area contributed by atoms with Gasteiger partial charge in [0.25, 0.3) is 5.91 Å². The molecule has 0 saturated heterocycles. The van der Waals surface area contributed by atoms with Gasteiger partial charge in [-0.3, -0.25) is 4.79 Å². The van der Waals surface area contributed by atoms with Crippen molar-refractivity contribution < 1.29 is 38.3 Å². The molecule has 0 aromatic heterocycles. The van der Waals surface area contributed by atoms with Crippen LogP contribution in [0.3, 0.4) is 0 Å². The Balaban J connectivity index is 0.00000353. The van der Waals surface area contributed by atoms with E-state index in [1.54, 1.807) is 17.8 Å². The van der Waals surface area contributed by atoms with Gasteiger partial charge in [-0.25, -0.2) is 0 Å². The molecular formula is C32H40LiNO4S. The van der Waals surface area contributed by atoms with Gasteiger partial charge in [-0.05, 0) is 135 Å². The number of carbonyl (C=O) groups is 2. The topological polar surface area (TPSA) is 78.5 Å². The summed E-state index contributed by atoms with van der Waals surface area (Å²) >= 11 is 1.54. The fourth-order valence-electron chi connectivity index (χ4n) is 7.86. The van der Waals surface area contributed by atoms with Crippen molar-refractivity contribution in [2.75, 3.05) is 18.6 Å². The van der Waals surface area contributed by atoms with E-state index in [9.17, 15) is 14.7 Å². The van der Waals surface area contributed by atoms with Gasteiger partial charge in [0.05, 0.1) is 18.6 Å². The molecule has 4 fully saturated rings. The van der Waals surface area contributed by atoms with E-state index >= 15 is 0 Å². The molecule has 2 aromatic carbocycles. The molecule has 6 rings (SSSR count). The number of aryl methyl sites for hydroxylation is 1. The van der Waals surface area contributed by atoms with Gasteiger partial charge in [0.1, 0.15) is 5.75 Å². The maximum absolute atomic E-state index is 13.3. The summed E-state index contributed by atoms with van der Waals surface area (Å²) in [5.74, 6) is 2.60. The minimum atomic E-state index is -1.26. The Bertz CT molecular complexity index is 1130. The van der Waals surface area contributed by atoms with Crippen molar-refractivity contribution in [1.82, 2.24) is 5.32 Å². The van der Waals surface area contributed by atoms with E-state index in [0.717, 1.165) is 46.6 Å². The molecule has 2 aromatic rings. The van der Waals surface area contributed by atoms with E-state index in [1.807, 2.05) is 49.6 Å². The van der Waals surface area contributed by atoms with E-state index in [1.165, 1.54) is 44.9 Å². The third kappa shape index (κ3) is 7.07. The van der Waals surface area contributed by atoms with E-state index in [2.05, 4.69) is 5.32 Å². The number of carboxylic acids is 1. The van der Waals surface area contributed by atoms with E-state index in [-0.39, 0.29) is 18.9 Å². The summed E-state index contributed by atoms with van der Waals surface area (Å²) < 4.78 is 6.24. The van der Waals surface area contributed by atoms with Crippen LogP contribution >= 0.6 is 11.8 Å². The maximum atomic E-state index is 13.3. The number of carboxylic acid groups (broad SMARTS) is 1. The van der Waals surface area contributed by atoms with Crippen LogP contribution in [0.2, 0.25) is 0 Å². The van der Waals surface area contributed by atoms with Gasteiger partial charge in [-0.15, -0.1) is 0 Å². The molecule has 1 atom stereocenters. The zero-order valence-electron chi connectivity index (χ0n) is 23.7. The molecule has 4 bridgehead atoms. The molecule has 0 unspecified atom stereocenters. The number of hydrogen-bond donors (Lipinski definition) is 1. The first-order valence-corrected chi connectivity index (χ1v) is 15.6. The molecule has 204 valence electrons. The summed E-state index contributed by atoms with van der Waals surface area (Å²) in [6.45, 7) is 2.68. The number of amides is 1. The Morgan fingerprint density at radius 3 is 2.33 bits per heavy atom. The Labute approximate surface area is 249 Å². The predicted octanol–water partition coefficient (Wildman–Crippen LogP) is 2.64. The van der Waals surface area contributed by atoms with Crippen molar-refractivity contribution >= 4 is 23.6 Å². The summed E-state index contributed by atoms with van der Waals surface area (Å²) in [4.78, 5) is 24.9. The molecule has 0 spiro atoms. The van der Waals surface area contributed by atoms with Crippen LogP contribution in [0.1, 0.15) is 73.7 Å². The first-order chi connectivity index (χ1) is 18.4. The number of hydrogen-bond acceptors (Lipinski definition) is 5. The molecule has 0 aliphatic heterocycles. The van der Waals surface area contributed by atoms with Crippen molar-refractivity contribution in [3.8, 4) is 16.9 Å². The minimum Gasteiger partial charge on any atom is -0.548 e. The van der Waals surface area contributed by atoms with E-state index in [4.69, 9.17) is 4.74 Å². The van der Waals surface area contributed by atoms with Crippen molar-refractivity contribution in [3.05, 3.63) is 53.6 Å². The number of aliphatic carboxylic acids is 1. The number of thioether (sulfide) groups is 1. The molecule has 4 aliphatic rings. The van der Waals surface area contributed by atoms with Crippen LogP contribution in [0.15, 0.2) is 42.5 Å². The van der Waals surface area contributed by atoms with Crippen molar-refractivity contribution in [3.63, 3.8) is 0 Å². The molecule has 7 heteroatoms. The molecule has 1 amide bonds. The van der Waals surface area contributed by atoms with Crippen LogP contribution < -0.4 is 34.0 Å². The number of nitrogens with one attached hydrogen (secondary N) is 1. The maximum Gasteiger partial charge on any atom is 1.00 e. The molecule has 0 heterocycles. The molecule has 4 saturated carbocycles. The van der Waals surface area contributed by atoms with Gasteiger partial charge >= 0.3 is 18.9 Å². The van der Waals surface area contributed by atoms with Gasteiger partial charge in [-0.1, -0.05) is 24.3 Å². The first kappa shape index (κ1) is 30.1. The number of benzene rings is 2. The standard InChI is InChI=1S/C32H41NO4S.Li/c1-21-6-3-4-7-26(21)28-17-25(8-9-27(28)30(34)33-29(31(35)36)10-13-38-2)37-12-5-11-32-18-22-14-23(19-32)16-24(15-22)20-32;/h3-4,6-9,17,22-24,29H,5,10-16,18-20H2,1-2H3,(H,33,34)(H,35,36);/q;+1/p-1/t22?,23?,24?,29-,32?;/m0./s1. The smallest absolute Gasteiger partial charge is 0.548 e. The quantitative estimate of drug-likeness (QED) is 0.330. The molecule has 0 radical (unpaired) electrons. The number of ether oxygens (including phenoxy) is 1. The van der Waals surface area contributed by atoms with Gasteiger partial charge in [-0.2, -0.15) is 11.8 Å². The van der Waals surface area contributed by atoms with Gasteiger partial charge in [0.15, 0.2) is 0 Å². The van der Waals surface area contributed by atoms with Gasteiger partial charge in [0.2, 0.25) is 0 Å². The second-order valence-electron chi connectivity index (χ2n) is 12.0. The van der Waals surface area contributed by atoms with Crippen molar-refractivity contribution in [2.24, 2.45) is 23.2 Å². The summed E-state index contributed by atoms with van der Waals surface area (Å²) in [6.07, 6.45) is 13.2. The largest absolute Gasteiger partial charge is 1.00 e. The predicted molar refractivity (Wildman–Crippen MR) is 151 cm³/mol. The van der Waals surface area contributed by atoms with Crippen LogP contribution in [-0.2, 0) is 4.79 Å². The second kappa shape index (κ2) is 13.2. The zero-order chi connectivity index (χ0) is 26.7. The summed E-state index contributed by atoms with van der Waals surface area (Å²) in [5, 5.41) is 14.3. The van der Waals surface area contributed by atoms with Crippen LogP contribution in [0.4, 0.5) is 0 Å². The molecular weight excluding hydrogens is 501 g/mol. The minimum absolute atomic E-state index is 0. The second-order valence-corrected chi connectivity index (χ2v) is 13.0.